The number of alkyl halides is 1. The third kappa shape index (κ3) is 3.05. The van der Waals surface area contributed by atoms with Gasteiger partial charge < -0.3 is 10.2 Å². The highest BCUT2D eigenvalue weighted by atomic mass is 35.5. The van der Waals surface area contributed by atoms with E-state index in [1.165, 1.54) is 13.0 Å². The fourth-order valence-corrected chi connectivity index (χ4v) is 1.71. The van der Waals surface area contributed by atoms with Crippen LogP contribution in [0.15, 0.2) is 18.2 Å². The molecule has 2 N–H and O–H groups in total. The van der Waals surface area contributed by atoms with E-state index < -0.39 is 17.5 Å². The molecule has 5 heteroatoms. The monoisotopic (exact) mass is 256 g/mol. The summed E-state index contributed by atoms with van der Waals surface area (Å²) in [5, 5.41) is 17.4. The number of benzene rings is 1. The number of rotatable bonds is 4. The third-order valence-corrected chi connectivity index (χ3v) is 2.94. The van der Waals surface area contributed by atoms with Crippen molar-refractivity contribution in [3.8, 4) is 0 Å². The Balaban J connectivity index is 3.30. The number of carbonyl (C=O) groups excluding carboxylic acids is 1. The topological polar surface area (TPSA) is 74.6 Å². The molecule has 0 spiro atoms. The molecule has 0 aliphatic carbocycles. The van der Waals surface area contributed by atoms with Crippen LogP contribution in [0.1, 0.15) is 35.1 Å². The van der Waals surface area contributed by atoms with E-state index in [2.05, 4.69) is 0 Å². The maximum Gasteiger partial charge on any atom is 0.337 e. The van der Waals surface area contributed by atoms with Gasteiger partial charge >= 0.3 is 5.97 Å². The number of aliphatic carboxylic acids is 1. The highest BCUT2D eigenvalue weighted by Crippen LogP contribution is 2.30. The van der Waals surface area contributed by atoms with Crippen molar-refractivity contribution in [3.63, 3.8) is 0 Å². The lowest BCUT2D eigenvalue weighted by molar-refractivity contribution is -0.147. The van der Waals surface area contributed by atoms with Crippen LogP contribution in [0.3, 0.4) is 0 Å². The van der Waals surface area contributed by atoms with Crippen LogP contribution in [0.5, 0.6) is 0 Å². The van der Waals surface area contributed by atoms with E-state index in [1.807, 2.05) is 0 Å². The molecule has 0 aliphatic heterocycles. The first-order valence-corrected chi connectivity index (χ1v) is 5.44. The van der Waals surface area contributed by atoms with Gasteiger partial charge in [-0.05, 0) is 25.0 Å². The minimum atomic E-state index is -1.68. The standard InChI is InChI=1S/C12H13ClO4/c1-6-3-4-8(10(13)7(2)14)9(5-6)11(15)12(16)17/h3-5,10-11,15H,1-2H3,(H,16,17). The van der Waals surface area contributed by atoms with Gasteiger partial charge in [-0.25, -0.2) is 4.79 Å². The molecule has 1 aromatic carbocycles. The molecule has 2 atom stereocenters. The van der Waals surface area contributed by atoms with Crippen LogP contribution in [0.25, 0.3) is 0 Å². The molecule has 1 rings (SSSR count). The number of carbonyl (C=O) groups is 2. The summed E-state index contributed by atoms with van der Waals surface area (Å²) in [6.45, 7) is 3.08. The van der Waals surface area contributed by atoms with Crippen LogP contribution in [0, 0.1) is 6.92 Å². The first-order chi connectivity index (χ1) is 7.84. The Morgan fingerprint density at radius 2 is 1.88 bits per heavy atom. The molecule has 0 fully saturated rings. The fraction of sp³-hybridized carbons (Fsp3) is 0.333. The van der Waals surface area contributed by atoms with Crippen LogP contribution < -0.4 is 0 Å². The Labute approximate surface area is 104 Å². The lowest BCUT2D eigenvalue weighted by atomic mass is 9.96. The number of ketones is 1. The highest BCUT2D eigenvalue weighted by molar-refractivity contribution is 6.31. The Morgan fingerprint density at radius 3 is 2.35 bits per heavy atom. The summed E-state index contributed by atoms with van der Waals surface area (Å²) in [5.41, 5.74) is 1.28. The molecule has 2 unspecified atom stereocenters. The summed E-state index contributed by atoms with van der Waals surface area (Å²) in [6, 6.07) is 4.80. The molecule has 0 aliphatic rings. The molecule has 0 amide bonds. The number of carboxylic acid groups (broad SMARTS) is 1. The number of hydrogen-bond donors (Lipinski definition) is 2. The Morgan fingerprint density at radius 1 is 1.29 bits per heavy atom. The van der Waals surface area contributed by atoms with Crippen LogP contribution in [-0.4, -0.2) is 22.0 Å². The second kappa shape index (κ2) is 5.29. The molecule has 0 heterocycles. The molecule has 17 heavy (non-hydrogen) atoms. The van der Waals surface area contributed by atoms with Crippen molar-refractivity contribution in [3.05, 3.63) is 34.9 Å². The van der Waals surface area contributed by atoms with Gasteiger partial charge in [-0.2, -0.15) is 0 Å². The zero-order chi connectivity index (χ0) is 13.2. The maximum atomic E-state index is 11.2. The Hall–Kier alpha value is -1.39. The summed E-state index contributed by atoms with van der Waals surface area (Å²) < 4.78 is 0. The average Bonchev–Trinajstić information content (AvgIpc) is 2.26. The number of aryl methyl sites for hydroxylation is 1. The first kappa shape index (κ1) is 13.7. The van der Waals surface area contributed by atoms with E-state index in [0.29, 0.717) is 5.56 Å². The summed E-state index contributed by atoms with van der Waals surface area (Å²) in [7, 11) is 0. The molecule has 0 saturated carbocycles. The quantitative estimate of drug-likeness (QED) is 0.808. The SMILES string of the molecule is CC(=O)C(Cl)c1ccc(C)cc1C(O)C(=O)O. The highest BCUT2D eigenvalue weighted by Gasteiger charge is 2.24. The summed E-state index contributed by atoms with van der Waals surface area (Å²) in [4.78, 5) is 22.0. The number of halogens is 1. The van der Waals surface area contributed by atoms with Gasteiger partial charge in [0.25, 0.3) is 0 Å². The Bertz CT molecular complexity index is 456. The van der Waals surface area contributed by atoms with Gasteiger partial charge in [-0.15, -0.1) is 11.6 Å². The van der Waals surface area contributed by atoms with E-state index in [1.54, 1.807) is 19.1 Å². The predicted molar refractivity (Wildman–Crippen MR) is 63.0 cm³/mol. The van der Waals surface area contributed by atoms with Gasteiger partial charge in [0.05, 0.1) is 0 Å². The molecule has 0 saturated heterocycles. The van der Waals surface area contributed by atoms with Crippen LogP contribution in [0.4, 0.5) is 0 Å². The molecular weight excluding hydrogens is 244 g/mol. The van der Waals surface area contributed by atoms with Crippen molar-refractivity contribution in [1.82, 2.24) is 0 Å². The van der Waals surface area contributed by atoms with Gasteiger partial charge in [-0.1, -0.05) is 23.8 Å². The number of Topliss-reactive ketones (excluding diaryl/α,β-unsaturated/α-hetero) is 1. The predicted octanol–water partition coefficient (Wildman–Crippen LogP) is 1.98. The smallest absolute Gasteiger partial charge is 0.337 e. The van der Waals surface area contributed by atoms with E-state index in [9.17, 15) is 14.7 Å². The molecule has 92 valence electrons. The normalized spacial score (nSPS) is 14.1. The molecular formula is C12H13ClO4. The second-order valence-corrected chi connectivity index (χ2v) is 4.28. The lowest BCUT2D eigenvalue weighted by Crippen LogP contribution is -2.15. The van der Waals surface area contributed by atoms with Crippen molar-refractivity contribution in [2.75, 3.05) is 0 Å². The number of aliphatic hydroxyl groups excluding tert-OH is 1. The summed E-state index contributed by atoms with van der Waals surface area (Å²) in [5.74, 6) is -1.67. The van der Waals surface area contributed by atoms with Gasteiger partial charge in [-0.3, -0.25) is 4.79 Å². The van der Waals surface area contributed by atoms with Crippen molar-refractivity contribution < 1.29 is 19.8 Å². The fourth-order valence-electron chi connectivity index (χ4n) is 1.51. The van der Waals surface area contributed by atoms with Crippen molar-refractivity contribution in [2.45, 2.75) is 25.3 Å². The zero-order valence-corrected chi connectivity index (χ0v) is 10.2. The minimum Gasteiger partial charge on any atom is -0.479 e. The zero-order valence-electron chi connectivity index (χ0n) is 9.48. The van der Waals surface area contributed by atoms with Crippen LogP contribution >= 0.6 is 11.6 Å². The second-order valence-electron chi connectivity index (χ2n) is 3.85. The number of aliphatic hydroxyl groups is 1. The molecule has 0 aromatic heterocycles. The van der Waals surface area contributed by atoms with Gasteiger partial charge in [0.1, 0.15) is 5.38 Å². The number of carboxylic acids is 1. The van der Waals surface area contributed by atoms with Gasteiger partial charge in [0, 0.05) is 0 Å². The maximum absolute atomic E-state index is 11.2. The van der Waals surface area contributed by atoms with E-state index in [-0.39, 0.29) is 11.3 Å². The molecule has 1 aromatic rings. The van der Waals surface area contributed by atoms with Gasteiger partial charge in [0.15, 0.2) is 11.9 Å². The minimum absolute atomic E-state index is 0.160. The summed E-state index contributed by atoms with van der Waals surface area (Å²) >= 11 is 5.89. The Kier molecular flexibility index (Phi) is 4.26. The third-order valence-electron chi connectivity index (χ3n) is 2.40. The number of hydrogen-bond acceptors (Lipinski definition) is 3. The van der Waals surface area contributed by atoms with E-state index in [0.717, 1.165) is 5.56 Å². The van der Waals surface area contributed by atoms with Crippen LogP contribution in [-0.2, 0) is 9.59 Å². The summed E-state index contributed by atoms with van der Waals surface area (Å²) in [6.07, 6.45) is -1.68. The van der Waals surface area contributed by atoms with Crippen molar-refractivity contribution in [2.24, 2.45) is 0 Å². The van der Waals surface area contributed by atoms with Crippen LogP contribution in [0.2, 0.25) is 0 Å². The lowest BCUT2D eigenvalue weighted by Gasteiger charge is -2.15. The van der Waals surface area contributed by atoms with Gasteiger partial charge in [0.2, 0.25) is 0 Å². The van der Waals surface area contributed by atoms with Crippen molar-refractivity contribution >= 4 is 23.4 Å². The average molecular weight is 257 g/mol. The first-order valence-electron chi connectivity index (χ1n) is 5.00. The van der Waals surface area contributed by atoms with E-state index in [4.69, 9.17) is 16.7 Å². The van der Waals surface area contributed by atoms with E-state index >= 15 is 0 Å². The largest absolute Gasteiger partial charge is 0.479 e. The van der Waals surface area contributed by atoms with Crippen molar-refractivity contribution in [1.29, 1.82) is 0 Å². The molecule has 4 nitrogen and oxygen atoms in total. The molecule has 0 radical (unpaired) electrons. The molecule has 0 bridgehead atoms.